The van der Waals surface area contributed by atoms with Crippen LogP contribution in [0.4, 0.5) is 0 Å². The van der Waals surface area contributed by atoms with Crippen LogP contribution in [-0.2, 0) is 5.41 Å². The maximum Gasteiger partial charge on any atom is 0.251 e. The lowest BCUT2D eigenvalue weighted by Crippen LogP contribution is -2.36. The molecule has 1 heterocycles. The topological polar surface area (TPSA) is 47.6 Å². The molecule has 1 aliphatic rings. The number of nitrogens with one attached hydrogen (secondary N) is 1. The molecule has 0 fully saturated rings. The molecule has 4 nitrogen and oxygen atoms in total. The van der Waals surface area contributed by atoms with Crippen molar-refractivity contribution in [1.82, 2.24) is 5.32 Å². The Bertz CT molecular complexity index is 756. The Morgan fingerprint density at radius 3 is 2.48 bits per heavy atom. The average molecular weight is 360 g/mol. The van der Waals surface area contributed by atoms with Crippen molar-refractivity contribution in [3.63, 3.8) is 0 Å². The summed E-state index contributed by atoms with van der Waals surface area (Å²) >= 11 is 5.95. The summed E-state index contributed by atoms with van der Waals surface area (Å²) in [7, 11) is 0. The van der Waals surface area contributed by atoms with Gasteiger partial charge in [0.2, 0.25) is 0 Å². The third-order valence-electron chi connectivity index (χ3n) is 4.33. The van der Waals surface area contributed by atoms with Gasteiger partial charge in [0.1, 0.15) is 0 Å². The highest BCUT2D eigenvalue weighted by molar-refractivity contribution is 6.30. The average Bonchev–Trinajstić information content (AvgIpc) is 2.85. The van der Waals surface area contributed by atoms with E-state index in [0.29, 0.717) is 41.8 Å². The van der Waals surface area contributed by atoms with E-state index in [4.69, 9.17) is 21.1 Å². The zero-order valence-electron chi connectivity index (χ0n) is 14.5. The molecule has 0 spiro atoms. The van der Waals surface area contributed by atoms with E-state index in [2.05, 4.69) is 19.2 Å². The lowest BCUT2D eigenvalue weighted by molar-refractivity contribution is 0.0945. The molecule has 1 N–H and O–H groups in total. The summed E-state index contributed by atoms with van der Waals surface area (Å²) < 4.78 is 11.2. The standard InChI is InChI=1S/C20H22ClNO3/c1-20(2,15-5-7-16(21)8-6-15)13-22-19(23)14-4-9-17-18(12-14)25-11-3-10-24-17/h4-9,12H,3,10-11,13H2,1-2H3,(H,22,23). The van der Waals surface area contributed by atoms with Crippen LogP contribution in [0.1, 0.15) is 36.2 Å². The molecule has 0 atom stereocenters. The molecule has 1 aliphatic heterocycles. The molecule has 2 aromatic rings. The Labute approximate surface area is 153 Å². The number of amides is 1. The van der Waals surface area contributed by atoms with Gasteiger partial charge in [-0.3, -0.25) is 4.79 Å². The van der Waals surface area contributed by atoms with Gasteiger partial charge in [0, 0.05) is 29.0 Å². The van der Waals surface area contributed by atoms with Gasteiger partial charge < -0.3 is 14.8 Å². The van der Waals surface area contributed by atoms with Gasteiger partial charge in [-0.15, -0.1) is 0 Å². The highest BCUT2D eigenvalue weighted by atomic mass is 35.5. The predicted molar refractivity (Wildman–Crippen MR) is 98.9 cm³/mol. The normalized spacial score (nSPS) is 13.9. The molecule has 0 aliphatic carbocycles. The summed E-state index contributed by atoms with van der Waals surface area (Å²) in [5.41, 5.74) is 1.48. The fourth-order valence-corrected chi connectivity index (χ4v) is 2.84. The molecule has 2 aromatic carbocycles. The summed E-state index contributed by atoms with van der Waals surface area (Å²) in [5, 5.41) is 3.71. The van der Waals surface area contributed by atoms with E-state index in [0.717, 1.165) is 12.0 Å². The van der Waals surface area contributed by atoms with Gasteiger partial charge >= 0.3 is 0 Å². The first-order valence-corrected chi connectivity index (χ1v) is 8.77. The van der Waals surface area contributed by atoms with E-state index in [-0.39, 0.29) is 11.3 Å². The molecule has 0 saturated heterocycles. The van der Waals surface area contributed by atoms with Crippen molar-refractivity contribution in [2.75, 3.05) is 19.8 Å². The van der Waals surface area contributed by atoms with Gasteiger partial charge in [0.05, 0.1) is 13.2 Å². The van der Waals surface area contributed by atoms with Gasteiger partial charge in [-0.2, -0.15) is 0 Å². The lowest BCUT2D eigenvalue weighted by atomic mass is 9.84. The molecule has 0 bridgehead atoms. The monoisotopic (exact) mass is 359 g/mol. The number of rotatable bonds is 4. The highest BCUT2D eigenvalue weighted by Gasteiger charge is 2.22. The highest BCUT2D eigenvalue weighted by Crippen LogP contribution is 2.30. The molecule has 25 heavy (non-hydrogen) atoms. The molecule has 0 radical (unpaired) electrons. The van der Waals surface area contributed by atoms with Crippen molar-refractivity contribution in [3.05, 3.63) is 58.6 Å². The Morgan fingerprint density at radius 2 is 1.76 bits per heavy atom. The number of hydrogen-bond donors (Lipinski definition) is 1. The molecular weight excluding hydrogens is 338 g/mol. The van der Waals surface area contributed by atoms with E-state index in [1.165, 1.54) is 0 Å². The second-order valence-electron chi connectivity index (χ2n) is 6.79. The molecule has 0 aromatic heterocycles. The number of halogens is 1. The van der Waals surface area contributed by atoms with Crippen molar-refractivity contribution in [2.45, 2.75) is 25.7 Å². The molecular formula is C20H22ClNO3. The van der Waals surface area contributed by atoms with Crippen LogP contribution < -0.4 is 14.8 Å². The van der Waals surface area contributed by atoms with Crippen molar-refractivity contribution < 1.29 is 14.3 Å². The van der Waals surface area contributed by atoms with Crippen LogP contribution in [-0.4, -0.2) is 25.7 Å². The van der Waals surface area contributed by atoms with Crippen molar-refractivity contribution in [1.29, 1.82) is 0 Å². The van der Waals surface area contributed by atoms with Gasteiger partial charge in [-0.25, -0.2) is 0 Å². The minimum absolute atomic E-state index is 0.127. The zero-order chi connectivity index (χ0) is 17.9. The smallest absolute Gasteiger partial charge is 0.251 e. The first kappa shape index (κ1) is 17.6. The van der Waals surface area contributed by atoms with E-state index < -0.39 is 0 Å². The minimum atomic E-state index is -0.203. The van der Waals surface area contributed by atoms with Crippen molar-refractivity contribution in [3.8, 4) is 11.5 Å². The van der Waals surface area contributed by atoms with Crippen LogP contribution in [0, 0.1) is 0 Å². The molecule has 3 rings (SSSR count). The van der Waals surface area contributed by atoms with E-state index in [1.807, 2.05) is 24.3 Å². The largest absolute Gasteiger partial charge is 0.490 e. The first-order chi connectivity index (χ1) is 12.0. The van der Waals surface area contributed by atoms with Gasteiger partial charge in [0.25, 0.3) is 5.91 Å². The zero-order valence-corrected chi connectivity index (χ0v) is 15.2. The fourth-order valence-electron chi connectivity index (χ4n) is 2.71. The summed E-state index contributed by atoms with van der Waals surface area (Å²) in [5.74, 6) is 1.19. The van der Waals surface area contributed by atoms with Crippen molar-refractivity contribution in [2.24, 2.45) is 0 Å². The predicted octanol–water partition coefficient (Wildman–Crippen LogP) is 4.21. The van der Waals surface area contributed by atoms with Crippen LogP contribution in [0.15, 0.2) is 42.5 Å². The number of carbonyl (C=O) groups is 1. The number of fused-ring (bicyclic) bond motifs is 1. The molecule has 132 valence electrons. The van der Waals surface area contributed by atoms with Crippen molar-refractivity contribution >= 4 is 17.5 Å². The lowest BCUT2D eigenvalue weighted by Gasteiger charge is -2.25. The second-order valence-corrected chi connectivity index (χ2v) is 7.22. The van der Waals surface area contributed by atoms with Gasteiger partial charge in [-0.1, -0.05) is 37.6 Å². The summed E-state index contributed by atoms with van der Waals surface area (Å²) in [6.07, 6.45) is 0.839. The third kappa shape index (κ3) is 4.26. The van der Waals surface area contributed by atoms with Crippen LogP contribution in [0.2, 0.25) is 5.02 Å². The van der Waals surface area contributed by atoms with Gasteiger partial charge in [-0.05, 0) is 35.9 Å². The quantitative estimate of drug-likeness (QED) is 0.889. The second kappa shape index (κ2) is 7.36. The summed E-state index contributed by atoms with van der Waals surface area (Å²) in [6.45, 7) is 5.92. The van der Waals surface area contributed by atoms with E-state index in [9.17, 15) is 4.79 Å². The maximum absolute atomic E-state index is 12.5. The Kier molecular flexibility index (Phi) is 5.19. The number of benzene rings is 2. The first-order valence-electron chi connectivity index (χ1n) is 8.40. The molecule has 1 amide bonds. The Hall–Kier alpha value is -2.20. The Balaban J connectivity index is 1.68. The maximum atomic E-state index is 12.5. The molecule has 0 saturated carbocycles. The third-order valence-corrected chi connectivity index (χ3v) is 4.58. The van der Waals surface area contributed by atoms with Gasteiger partial charge in [0.15, 0.2) is 11.5 Å². The van der Waals surface area contributed by atoms with E-state index >= 15 is 0 Å². The van der Waals surface area contributed by atoms with E-state index in [1.54, 1.807) is 18.2 Å². The van der Waals surface area contributed by atoms with Crippen LogP contribution in [0.5, 0.6) is 11.5 Å². The Morgan fingerprint density at radius 1 is 1.08 bits per heavy atom. The van der Waals surface area contributed by atoms with Crippen LogP contribution in [0.3, 0.4) is 0 Å². The fraction of sp³-hybridized carbons (Fsp3) is 0.350. The van der Waals surface area contributed by atoms with Crippen LogP contribution in [0.25, 0.3) is 0 Å². The minimum Gasteiger partial charge on any atom is -0.490 e. The molecule has 0 unspecified atom stereocenters. The summed E-state index contributed by atoms with van der Waals surface area (Å²) in [4.78, 5) is 12.5. The molecule has 5 heteroatoms. The van der Waals surface area contributed by atoms with Crippen LogP contribution >= 0.6 is 11.6 Å². The summed E-state index contributed by atoms with van der Waals surface area (Å²) in [6, 6.07) is 13.0. The SMILES string of the molecule is CC(C)(CNC(=O)c1ccc2c(c1)OCCCO2)c1ccc(Cl)cc1. The number of hydrogen-bond acceptors (Lipinski definition) is 3. The number of carbonyl (C=O) groups excluding carboxylic acids is 1. The number of ether oxygens (including phenoxy) is 2.